The van der Waals surface area contributed by atoms with Crippen LogP contribution in [0.3, 0.4) is 0 Å². The first-order valence-corrected chi connectivity index (χ1v) is 7.29. The van der Waals surface area contributed by atoms with Gasteiger partial charge in [-0.05, 0) is 18.4 Å². The van der Waals surface area contributed by atoms with Crippen LogP contribution in [0.2, 0.25) is 0 Å². The number of rotatable bonds is 5. The van der Waals surface area contributed by atoms with Gasteiger partial charge in [-0.25, -0.2) is 4.39 Å². The first-order chi connectivity index (χ1) is 10.2. The maximum Gasteiger partial charge on any atom is 0.253 e. The molecule has 5 heteroatoms. The minimum atomic E-state index is -0.556. The summed E-state index contributed by atoms with van der Waals surface area (Å²) in [5.41, 5.74) is -0.145. The summed E-state index contributed by atoms with van der Waals surface area (Å²) >= 11 is 0. The third kappa shape index (κ3) is 3.18. The van der Waals surface area contributed by atoms with Crippen molar-refractivity contribution >= 4 is 11.4 Å². The van der Waals surface area contributed by atoms with E-state index >= 15 is 0 Å². The molecule has 0 spiro atoms. The van der Waals surface area contributed by atoms with Crippen LogP contribution < -0.4 is 21.5 Å². The molecule has 4 nitrogen and oxygen atoms in total. The molecule has 0 bridgehead atoms. The SMILES string of the molecule is CC(Nc1c(NCc2ccccc2F)c(=O)c1=O)C(C)(C)C. The molecule has 2 rings (SSSR count). The van der Waals surface area contributed by atoms with E-state index < -0.39 is 10.9 Å². The van der Waals surface area contributed by atoms with Crippen LogP contribution in [0.1, 0.15) is 33.3 Å². The van der Waals surface area contributed by atoms with E-state index in [1.807, 2.05) is 27.7 Å². The molecule has 22 heavy (non-hydrogen) atoms. The molecule has 0 aliphatic carbocycles. The van der Waals surface area contributed by atoms with Crippen molar-refractivity contribution in [2.45, 2.75) is 40.3 Å². The van der Waals surface area contributed by atoms with Gasteiger partial charge in [0, 0.05) is 18.2 Å². The van der Waals surface area contributed by atoms with Crippen LogP contribution in [-0.4, -0.2) is 6.04 Å². The van der Waals surface area contributed by atoms with Gasteiger partial charge in [0.25, 0.3) is 10.9 Å². The monoisotopic (exact) mass is 304 g/mol. The highest BCUT2D eigenvalue weighted by Crippen LogP contribution is 2.25. The van der Waals surface area contributed by atoms with Crippen molar-refractivity contribution in [3.05, 3.63) is 56.1 Å². The highest BCUT2D eigenvalue weighted by atomic mass is 19.1. The van der Waals surface area contributed by atoms with Crippen molar-refractivity contribution in [2.75, 3.05) is 10.6 Å². The van der Waals surface area contributed by atoms with Crippen LogP contribution in [0.4, 0.5) is 15.8 Å². The van der Waals surface area contributed by atoms with Crippen molar-refractivity contribution in [3.8, 4) is 0 Å². The van der Waals surface area contributed by atoms with E-state index in [0.717, 1.165) is 0 Å². The average molecular weight is 304 g/mol. The molecule has 0 heterocycles. The van der Waals surface area contributed by atoms with Gasteiger partial charge in [0.15, 0.2) is 0 Å². The molecule has 0 saturated heterocycles. The van der Waals surface area contributed by atoms with E-state index in [-0.39, 0.29) is 29.5 Å². The molecule has 1 unspecified atom stereocenters. The van der Waals surface area contributed by atoms with Gasteiger partial charge >= 0.3 is 0 Å². The Morgan fingerprint density at radius 2 is 1.68 bits per heavy atom. The van der Waals surface area contributed by atoms with Crippen molar-refractivity contribution in [2.24, 2.45) is 5.41 Å². The number of benzene rings is 1. The van der Waals surface area contributed by atoms with Crippen molar-refractivity contribution in [1.29, 1.82) is 0 Å². The highest BCUT2D eigenvalue weighted by molar-refractivity contribution is 5.74. The van der Waals surface area contributed by atoms with Crippen molar-refractivity contribution < 1.29 is 4.39 Å². The van der Waals surface area contributed by atoms with Crippen LogP contribution in [0.5, 0.6) is 0 Å². The van der Waals surface area contributed by atoms with Crippen LogP contribution in [-0.2, 0) is 6.54 Å². The topological polar surface area (TPSA) is 58.2 Å². The van der Waals surface area contributed by atoms with E-state index in [1.165, 1.54) is 6.07 Å². The average Bonchev–Trinajstić information content (AvgIpc) is 2.46. The van der Waals surface area contributed by atoms with Gasteiger partial charge in [-0.3, -0.25) is 9.59 Å². The summed E-state index contributed by atoms with van der Waals surface area (Å²) in [4.78, 5) is 23.4. The predicted molar refractivity (Wildman–Crippen MR) is 87.6 cm³/mol. The summed E-state index contributed by atoms with van der Waals surface area (Å²) in [5.74, 6) is -0.341. The third-order valence-corrected chi connectivity index (χ3v) is 3.98. The minimum absolute atomic E-state index is 0.0183. The number of halogens is 1. The number of anilines is 2. The van der Waals surface area contributed by atoms with E-state index in [1.54, 1.807) is 18.2 Å². The van der Waals surface area contributed by atoms with Crippen LogP contribution >= 0.6 is 0 Å². The van der Waals surface area contributed by atoms with Crippen molar-refractivity contribution in [3.63, 3.8) is 0 Å². The summed E-state index contributed by atoms with van der Waals surface area (Å²) in [7, 11) is 0. The molecule has 0 fully saturated rings. The lowest BCUT2D eigenvalue weighted by Gasteiger charge is -2.30. The molecule has 0 aliphatic heterocycles. The molecule has 2 aromatic rings. The molecule has 0 radical (unpaired) electrons. The van der Waals surface area contributed by atoms with Gasteiger partial charge in [0.05, 0.1) is 0 Å². The zero-order valence-corrected chi connectivity index (χ0v) is 13.3. The number of hydrogen-bond acceptors (Lipinski definition) is 4. The standard InChI is InChI=1S/C17H21FN2O2/c1-10(17(2,3)4)20-14-13(15(21)16(14)22)19-9-11-7-5-6-8-12(11)18/h5-8,10,19-20H,9H2,1-4H3. The fourth-order valence-electron chi connectivity index (χ4n) is 1.96. The summed E-state index contributed by atoms with van der Waals surface area (Å²) < 4.78 is 13.6. The van der Waals surface area contributed by atoms with Gasteiger partial charge in [0.2, 0.25) is 0 Å². The fraction of sp³-hybridized carbons (Fsp3) is 0.412. The largest absolute Gasteiger partial charge is 0.377 e. The first-order valence-electron chi connectivity index (χ1n) is 7.29. The smallest absolute Gasteiger partial charge is 0.253 e. The lowest BCUT2D eigenvalue weighted by atomic mass is 9.87. The quantitative estimate of drug-likeness (QED) is 0.834. The Balaban J connectivity index is 2.13. The normalized spacial score (nSPS) is 13.1. The Labute approximate surface area is 129 Å². The summed E-state index contributed by atoms with van der Waals surface area (Å²) in [5, 5.41) is 5.96. The zero-order valence-electron chi connectivity index (χ0n) is 13.3. The molecule has 0 saturated carbocycles. The van der Waals surface area contributed by atoms with Crippen LogP contribution in [0, 0.1) is 11.2 Å². The second-order valence-electron chi connectivity index (χ2n) is 6.59. The lowest BCUT2D eigenvalue weighted by molar-refractivity contribution is 0.359. The van der Waals surface area contributed by atoms with Crippen LogP contribution in [0.25, 0.3) is 0 Å². The third-order valence-electron chi connectivity index (χ3n) is 3.98. The minimum Gasteiger partial charge on any atom is -0.377 e. The van der Waals surface area contributed by atoms with Gasteiger partial charge in [-0.2, -0.15) is 0 Å². The first kappa shape index (κ1) is 16.2. The van der Waals surface area contributed by atoms with E-state index in [2.05, 4.69) is 10.6 Å². The number of hydrogen-bond donors (Lipinski definition) is 2. The molecule has 2 aromatic carbocycles. The molecule has 0 aromatic heterocycles. The van der Waals surface area contributed by atoms with E-state index in [9.17, 15) is 14.0 Å². The molecule has 0 amide bonds. The Morgan fingerprint density at radius 3 is 2.27 bits per heavy atom. The summed E-state index contributed by atoms with van der Waals surface area (Å²) in [6.07, 6.45) is 0. The van der Waals surface area contributed by atoms with Gasteiger partial charge < -0.3 is 10.6 Å². The van der Waals surface area contributed by atoms with Gasteiger partial charge in [-0.15, -0.1) is 0 Å². The Hall–Kier alpha value is -2.17. The summed E-state index contributed by atoms with van der Waals surface area (Å²) in [6, 6.07) is 6.35. The molecule has 0 aliphatic rings. The van der Waals surface area contributed by atoms with E-state index in [0.29, 0.717) is 11.3 Å². The Bertz CT molecular complexity index is 740. The van der Waals surface area contributed by atoms with Crippen molar-refractivity contribution in [1.82, 2.24) is 0 Å². The molecule has 1 atom stereocenters. The Morgan fingerprint density at radius 1 is 1.09 bits per heavy atom. The highest BCUT2D eigenvalue weighted by Gasteiger charge is 2.26. The molecule has 118 valence electrons. The molecular formula is C17H21FN2O2. The lowest BCUT2D eigenvalue weighted by Crippen LogP contribution is -2.42. The molecule has 2 N–H and O–H groups in total. The maximum absolute atomic E-state index is 13.6. The number of nitrogens with one attached hydrogen (secondary N) is 2. The second-order valence-corrected chi connectivity index (χ2v) is 6.59. The fourth-order valence-corrected chi connectivity index (χ4v) is 1.96. The van der Waals surface area contributed by atoms with E-state index in [4.69, 9.17) is 0 Å². The zero-order chi connectivity index (χ0) is 16.5. The summed E-state index contributed by atoms with van der Waals surface area (Å²) in [6.45, 7) is 8.25. The van der Waals surface area contributed by atoms with Crippen LogP contribution in [0.15, 0.2) is 33.9 Å². The second kappa shape index (κ2) is 5.91. The van der Waals surface area contributed by atoms with Gasteiger partial charge in [-0.1, -0.05) is 39.0 Å². The van der Waals surface area contributed by atoms with Gasteiger partial charge in [0.1, 0.15) is 17.2 Å². The maximum atomic E-state index is 13.6. The Kier molecular flexibility index (Phi) is 4.35. The predicted octanol–water partition coefficient (Wildman–Crippen LogP) is 2.88. The molecular weight excluding hydrogens is 283 g/mol.